The van der Waals surface area contributed by atoms with E-state index in [0.717, 1.165) is 19.0 Å². The van der Waals surface area contributed by atoms with Crippen LogP contribution in [0.4, 0.5) is 35.3 Å². The van der Waals surface area contributed by atoms with Crippen molar-refractivity contribution in [3.8, 4) is 11.4 Å². The summed E-state index contributed by atoms with van der Waals surface area (Å²) in [5, 5.41) is 0. The summed E-state index contributed by atoms with van der Waals surface area (Å²) in [6.07, 6.45) is -2.21. The topological polar surface area (TPSA) is 61.3 Å². The van der Waals surface area contributed by atoms with E-state index < -0.39 is 11.7 Å². The molecule has 2 aromatic heterocycles. The first-order chi connectivity index (χ1) is 16.7. The SMILES string of the molecule is CCCN(C)c1nc(-c2ccc(F)c(C)c2)nc(N2CCN(c3ncccc3C(F)(F)F)CC2)n1. The van der Waals surface area contributed by atoms with E-state index in [4.69, 9.17) is 0 Å². The molecule has 0 N–H and O–H groups in total. The Morgan fingerprint density at radius 1 is 1.00 bits per heavy atom. The molecule has 0 bridgehead atoms. The number of alkyl halides is 3. The number of piperazine rings is 1. The van der Waals surface area contributed by atoms with Crippen LogP contribution in [0.1, 0.15) is 24.5 Å². The van der Waals surface area contributed by atoms with Gasteiger partial charge < -0.3 is 14.7 Å². The van der Waals surface area contributed by atoms with E-state index in [1.807, 2.05) is 16.8 Å². The molecule has 0 spiro atoms. The van der Waals surface area contributed by atoms with Crippen molar-refractivity contribution in [1.29, 1.82) is 0 Å². The zero-order valence-electron chi connectivity index (χ0n) is 19.8. The minimum Gasteiger partial charge on any atom is -0.353 e. The van der Waals surface area contributed by atoms with Crippen molar-refractivity contribution in [1.82, 2.24) is 19.9 Å². The average Bonchev–Trinajstić information content (AvgIpc) is 2.85. The molecule has 0 saturated carbocycles. The van der Waals surface area contributed by atoms with Gasteiger partial charge in [0.05, 0.1) is 5.56 Å². The van der Waals surface area contributed by atoms with Gasteiger partial charge in [0.2, 0.25) is 11.9 Å². The molecule has 3 heterocycles. The summed E-state index contributed by atoms with van der Waals surface area (Å²) in [7, 11) is 1.89. The fraction of sp³-hybridized carbons (Fsp3) is 0.417. The predicted octanol–water partition coefficient (Wildman–Crippen LogP) is 4.57. The molecule has 1 aromatic carbocycles. The number of rotatable bonds is 6. The van der Waals surface area contributed by atoms with Crippen molar-refractivity contribution in [3.05, 3.63) is 53.5 Å². The van der Waals surface area contributed by atoms with E-state index in [1.165, 1.54) is 18.3 Å². The number of halogens is 4. The molecule has 0 unspecified atom stereocenters. The molecule has 0 atom stereocenters. The summed E-state index contributed by atoms with van der Waals surface area (Å²) >= 11 is 0. The second-order valence-electron chi connectivity index (χ2n) is 8.49. The maximum atomic E-state index is 13.8. The fourth-order valence-corrected chi connectivity index (χ4v) is 4.00. The number of hydrogen-bond donors (Lipinski definition) is 0. The minimum atomic E-state index is -4.48. The molecule has 0 radical (unpaired) electrons. The Bertz CT molecular complexity index is 1180. The van der Waals surface area contributed by atoms with Gasteiger partial charge in [-0.1, -0.05) is 6.92 Å². The van der Waals surface area contributed by atoms with Crippen molar-refractivity contribution < 1.29 is 17.6 Å². The maximum absolute atomic E-state index is 13.8. The Balaban J connectivity index is 1.62. The first-order valence-corrected chi connectivity index (χ1v) is 11.4. The van der Waals surface area contributed by atoms with Crippen LogP contribution in [0, 0.1) is 12.7 Å². The Kier molecular flexibility index (Phi) is 7.04. The van der Waals surface area contributed by atoms with Crippen LogP contribution in [-0.2, 0) is 6.18 Å². The van der Waals surface area contributed by atoms with Crippen LogP contribution >= 0.6 is 0 Å². The Morgan fingerprint density at radius 2 is 1.71 bits per heavy atom. The summed E-state index contributed by atoms with van der Waals surface area (Å²) in [5.74, 6) is 0.964. The molecule has 3 aromatic rings. The molecule has 0 amide bonds. The van der Waals surface area contributed by atoms with E-state index in [0.29, 0.717) is 55.0 Å². The highest BCUT2D eigenvalue weighted by Gasteiger charge is 2.36. The molecule has 0 aliphatic carbocycles. The Labute approximate surface area is 201 Å². The second kappa shape index (κ2) is 10.0. The summed E-state index contributed by atoms with van der Waals surface area (Å²) < 4.78 is 54.2. The molecule has 4 rings (SSSR count). The van der Waals surface area contributed by atoms with Gasteiger partial charge >= 0.3 is 6.18 Å². The molecule has 1 aliphatic rings. The molecule has 11 heteroatoms. The number of pyridine rings is 1. The highest BCUT2D eigenvalue weighted by atomic mass is 19.4. The lowest BCUT2D eigenvalue weighted by Crippen LogP contribution is -2.48. The van der Waals surface area contributed by atoms with E-state index in [-0.39, 0.29) is 11.6 Å². The molecule has 186 valence electrons. The standard InChI is InChI=1S/C24H27F4N7/c1-4-10-33(3)22-30-20(17-7-8-19(25)16(2)15-17)31-23(32-22)35-13-11-34(12-14-35)21-18(24(26,27)28)6-5-9-29-21/h5-9,15H,4,10-14H2,1-3H3. The number of aromatic nitrogens is 4. The van der Waals surface area contributed by atoms with Gasteiger partial charge in [-0.05, 0) is 49.2 Å². The molecule has 35 heavy (non-hydrogen) atoms. The van der Waals surface area contributed by atoms with Crippen molar-refractivity contribution in [2.75, 3.05) is 54.5 Å². The fourth-order valence-electron chi connectivity index (χ4n) is 4.00. The number of nitrogens with zero attached hydrogens (tertiary/aromatic N) is 7. The number of aryl methyl sites for hydroxylation is 1. The number of benzene rings is 1. The van der Waals surface area contributed by atoms with Crippen molar-refractivity contribution >= 4 is 17.7 Å². The Morgan fingerprint density at radius 3 is 2.37 bits per heavy atom. The third-order valence-electron chi connectivity index (χ3n) is 5.88. The smallest absolute Gasteiger partial charge is 0.353 e. The molecule has 7 nitrogen and oxygen atoms in total. The van der Waals surface area contributed by atoms with Crippen LogP contribution in [0.25, 0.3) is 11.4 Å². The summed E-state index contributed by atoms with van der Waals surface area (Å²) in [4.78, 5) is 23.4. The largest absolute Gasteiger partial charge is 0.419 e. The van der Waals surface area contributed by atoms with Gasteiger partial charge in [-0.15, -0.1) is 0 Å². The number of anilines is 3. The van der Waals surface area contributed by atoms with Gasteiger partial charge in [-0.3, -0.25) is 0 Å². The third kappa shape index (κ3) is 5.44. The molecule has 1 saturated heterocycles. The molecule has 1 aliphatic heterocycles. The van der Waals surface area contributed by atoms with Crippen LogP contribution in [0.3, 0.4) is 0 Å². The molecule has 1 fully saturated rings. The van der Waals surface area contributed by atoms with Crippen LogP contribution in [-0.4, -0.2) is 59.7 Å². The van der Waals surface area contributed by atoms with Crippen LogP contribution in [0.15, 0.2) is 36.5 Å². The second-order valence-corrected chi connectivity index (χ2v) is 8.49. The first-order valence-electron chi connectivity index (χ1n) is 11.4. The highest BCUT2D eigenvalue weighted by Crippen LogP contribution is 2.35. The van der Waals surface area contributed by atoms with Crippen molar-refractivity contribution in [2.24, 2.45) is 0 Å². The third-order valence-corrected chi connectivity index (χ3v) is 5.88. The molecular formula is C24H27F4N7. The lowest BCUT2D eigenvalue weighted by Gasteiger charge is -2.36. The van der Waals surface area contributed by atoms with Crippen molar-refractivity contribution in [3.63, 3.8) is 0 Å². The summed E-state index contributed by atoms with van der Waals surface area (Å²) in [5.41, 5.74) is 0.407. The van der Waals surface area contributed by atoms with Gasteiger partial charge in [0.1, 0.15) is 11.6 Å². The van der Waals surface area contributed by atoms with Crippen LogP contribution in [0.2, 0.25) is 0 Å². The lowest BCUT2D eigenvalue weighted by atomic mass is 10.1. The number of hydrogen-bond acceptors (Lipinski definition) is 7. The average molecular weight is 490 g/mol. The monoisotopic (exact) mass is 489 g/mol. The maximum Gasteiger partial charge on any atom is 0.419 e. The van der Waals surface area contributed by atoms with E-state index in [1.54, 1.807) is 24.0 Å². The van der Waals surface area contributed by atoms with Gasteiger partial charge in [0.25, 0.3) is 0 Å². The van der Waals surface area contributed by atoms with E-state index in [2.05, 4.69) is 26.9 Å². The first kappa shape index (κ1) is 24.6. The quantitative estimate of drug-likeness (QED) is 0.470. The van der Waals surface area contributed by atoms with E-state index in [9.17, 15) is 17.6 Å². The zero-order valence-corrected chi connectivity index (χ0v) is 19.8. The van der Waals surface area contributed by atoms with Gasteiger partial charge in [-0.25, -0.2) is 9.37 Å². The zero-order chi connectivity index (χ0) is 25.2. The predicted molar refractivity (Wildman–Crippen MR) is 127 cm³/mol. The normalized spacial score (nSPS) is 14.4. The van der Waals surface area contributed by atoms with Crippen molar-refractivity contribution in [2.45, 2.75) is 26.4 Å². The van der Waals surface area contributed by atoms with E-state index >= 15 is 0 Å². The summed E-state index contributed by atoms with van der Waals surface area (Å²) in [6, 6.07) is 7.04. The van der Waals surface area contributed by atoms with Gasteiger partial charge in [-0.2, -0.15) is 28.1 Å². The van der Waals surface area contributed by atoms with Crippen LogP contribution < -0.4 is 14.7 Å². The summed E-state index contributed by atoms with van der Waals surface area (Å²) in [6.45, 7) is 5.95. The lowest BCUT2D eigenvalue weighted by molar-refractivity contribution is -0.137. The highest BCUT2D eigenvalue weighted by molar-refractivity contribution is 5.60. The van der Waals surface area contributed by atoms with Gasteiger partial charge in [0.15, 0.2) is 5.82 Å². The Hall–Kier alpha value is -3.50. The van der Waals surface area contributed by atoms with Gasteiger partial charge in [0, 0.05) is 51.5 Å². The minimum absolute atomic E-state index is 0.0684. The molecular weight excluding hydrogens is 462 g/mol. The van der Waals surface area contributed by atoms with Crippen LogP contribution in [0.5, 0.6) is 0 Å².